The van der Waals surface area contributed by atoms with Crippen molar-refractivity contribution in [1.29, 1.82) is 0 Å². The van der Waals surface area contributed by atoms with Gasteiger partial charge in [-0.3, -0.25) is 9.13 Å². The molecule has 160 valence electrons. The van der Waals surface area contributed by atoms with E-state index in [1.165, 1.54) is 17.0 Å². The van der Waals surface area contributed by atoms with Crippen LogP contribution in [0.4, 0.5) is 5.82 Å². The molecule has 13 heteroatoms. The molecule has 12 nitrogen and oxygen atoms in total. The van der Waals surface area contributed by atoms with Crippen LogP contribution in [-0.4, -0.2) is 72.3 Å². The van der Waals surface area contributed by atoms with Crippen LogP contribution >= 0.6 is 7.60 Å². The van der Waals surface area contributed by atoms with E-state index in [-0.39, 0.29) is 12.6 Å². The van der Waals surface area contributed by atoms with Crippen molar-refractivity contribution in [3.63, 3.8) is 0 Å². The van der Waals surface area contributed by atoms with Gasteiger partial charge in [-0.2, -0.15) is 0 Å². The van der Waals surface area contributed by atoms with Gasteiger partial charge in [0.15, 0.2) is 29.0 Å². The minimum Gasteiger partial charge on any atom is -0.387 e. The summed E-state index contributed by atoms with van der Waals surface area (Å²) >= 11 is 0. The molecule has 2 aromatic heterocycles. The molecule has 0 saturated carbocycles. The second kappa shape index (κ2) is 8.44. The first-order valence-corrected chi connectivity index (χ1v) is 10.9. The molecular weight excluding hydrogens is 405 g/mol. The van der Waals surface area contributed by atoms with Gasteiger partial charge in [-0.05, 0) is 19.9 Å². The molecule has 5 atom stereocenters. The number of fused-ring (bicyclic) bond motifs is 1. The fourth-order valence-corrected chi connectivity index (χ4v) is 3.13. The van der Waals surface area contributed by atoms with E-state index in [4.69, 9.17) is 9.63 Å². The molecule has 3 heterocycles. The molecule has 1 unspecified atom stereocenters. The van der Waals surface area contributed by atoms with E-state index in [1.54, 1.807) is 0 Å². The summed E-state index contributed by atoms with van der Waals surface area (Å²) in [6.45, 7) is 8.17. The predicted molar refractivity (Wildman–Crippen MR) is 103 cm³/mol. The zero-order valence-electron chi connectivity index (χ0n) is 16.2. The number of ether oxygens (including phenoxy) is 1. The number of anilines is 1. The van der Waals surface area contributed by atoms with Crippen molar-refractivity contribution in [2.24, 2.45) is 0 Å². The minimum atomic E-state index is -3.85. The maximum atomic E-state index is 11.1. The average Bonchev–Trinajstić information content (AvgIpc) is 3.16. The van der Waals surface area contributed by atoms with Crippen LogP contribution in [0.15, 0.2) is 12.9 Å². The summed E-state index contributed by atoms with van der Waals surface area (Å²) in [5, 5.41) is 23.9. The number of aromatic nitrogens is 4. The highest BCUT2D eigenvalue weighted by molar-refractivity contribution is 7.51. The van der Waals surface area contributed by atoms with Crippen LogP contribution in [0.3, 0.4) is 0 Å². The van der Waals surface area contributed by atoms with Gasteiger partial charge >= 0.3 is 7.60 Å². The van der Waals surface area contributed by atoms with E-state index < -0.39 is 32.1 Å². The van der Waals surface area contributed by atoms with Crippen LogP contribution in [-0.2, 0) is 18.9 Å². The van der Waals surface area contributed by atoms with Gasteiger partial charge in [-0.1, -0.05) is 6.58 Å². The number of nitrogens with one attached hydrogen (secondary N) is 1. The SMILES string of the molecule is C=Cc1nc(NC(C)C)c2ncn([C@@H]3O[C@H](COOP(C)(=O)O)[C@@H](O)[C@H]3O)c2n1. The number of imidazole rings is 1. The smallest absolute Gasteiger partial charge is 0.352 e. The van der Waals surface area contributed by atoms with Gasteiger partial charge in [0.05, 0.1) is 6.33 Å². The van der Waals surface area contributed by atoms with Crippen LogP contribution < -0.4 is 5.32 Å². The summed E-state index contributed by atoms with van der Waals surface area (Å²) < 4.78 is 22.6. The molecule has 1 aliphatic heterocycles. The molecule has 1 aliphatic rings. The van der Waals surface area contributed by atoms with Gasteiger partial charge in [-0.15, -0.1) is 4.67 Å². The monoisotopic (exact) mass is 429 g/mol. The Morgan fingerprint density at radius 1 is 1.41 bits per heavy atom. The topological polar surface area (TPSA) is 161 Å². The highest BCUT2D eigenvalue weighted by Gasteiger charge is 2.45. The van der Waals surface area contributed by atoms with Gasteiger partial charge in [-0.25, -0.2) is 19.8 Å². The lowest BCUT2D eigenvalue weighted by Crippen LogP contribution is -2.33. The molecule has 1 fully saturated rings. The molecule has 0 radical (unpaired) electrons. The van der Waals surface area contributed by atoms with Crippen molar-refractivity contribution < 1.29 is 34.0 Å². The van der Waals surface area contributed by atoms with Gasteiger partial charge in [0.2, 0.25) is 0 Å². The Balaban J connectivity index is 1.88. The van der Waals surface area contributed by atoms with Crippen molar-refractivity contribution in [1.82, 2.24) is 19.5 Å². The van der Waals surface area contributed by atoms with Crippen LogP contribution in [0.1, 0.15) is 25.9 Å². The molecule has 0 aromatic carbocycles. The van der Waals surface area contributed by atoms with E-state index in [1.807, 2.05) is 13.8 Å². The van der Waals surface area contributed by atoms with Gasteiger partial charge in [0, 0.05) is 12.7 Å². The van der Waals surface area contributed by atoms with Gasteiger partial charge in [0.25, 0.3) is 0 Å². The van der Waals surface area contributed by atoms with Gasteiger partial charge in [0.1, 0.15) is 24.9 Å². The Kier molecular flexibility index (Phi) is 6.34. The summed E-state index contributed by atoms with van der Waals surface area (Å²) in [5.41, 5.74) is 0.838. The molecule has 0 aliphatic carbocycles. The lowest BCUT2D eigenvalue weighted by Gasteiger charge is -2.17. The number of aliphatic hydroxyl groups is 2. The molecular formula is C16H24N5O7P. The Bertz CT molecular complexity index is 930. The van der Waals surface area contributed by atoms with Gasteiger partial charge < -0.3 is 25.2 Å². The molecule has 0 bridgehead atoms. The standard InChI is InChI=1S/C16H24N5O7P/c1-5-10-19-14(18-8(2)3)11-15(20-10)21(7-17-11)16-13(23)12(22)9(27-16)6-26-28-29(4,24)25/h5,7-9,12-13,16,22-23H,1,6H2,2-4H3,(H,24,25)(H,18,19,20)/t9-,12-,13-,16-/m1/s1. The van der Waals surface area contributed by atoms with Crippen molar-refractivity contribution in [3.05, 3.63) is 18.7 Å². The molecule has 4 N–H and O–H groups in total. The van der Waals surface area contributed by atoms with E-state index in [0.29, 0.717) is 22.8 Å². The molecule has 2 aromatic rings. The third-order valence-electron chi connectivity index (χ3n) is 4.08. The van der Waals surface area contributed by atoms with Crippen molar-refractivity contribution >= 4 is 30.7 Å². The Morgan fingerprint density at radius 3 is 2.76 bits per heavy atom. The van der Waals surface area contributed by atoms with Crippen LogP contribution in [0, 0.1) is 0 Å². The zero-order valence-corrected chi connectivity index (χ0v) is 17.1. The van der Waals surface area contributed by atoms with Crippen molar-refractivity contribution in [2.45, 2.75) is 44.4 Å². The molecule has 0 spiro atoms. The number of hydrogen-bond donors (Lipinski definition) is 4. The highest BCUT2D eigenvalue weighted by atomic mass is 31.2. The van der Waals surface area contributed by atoms with E-state index >= 15 is 0 Å². The zero-order chi connectivity index (χ0) is 21.3. The summed E-state index contributed by atoms with van der Waals surface area (Å²) in [5.74, 6) is 0.854. The quantitative estimate of drug-likeness (QED) is 0.265. The fourth-order valence-electron chi connectivity index (χ4n) is 2.88. The fraction of sp³-hybridized carbons (Fsp3) is 0.562. The molecule has 0 amide bonds. The normalized spacial score (nSPS) is 26.7. The number of nitrogens with zero attached hydrogens (tertiary/aromatic N) is 4. The first-order chi connectivity index (χ1) is 13.6. The lowest BCUT2D eigenvalue weighted by atomic mass is 10.1. The molecule has 29 heavy (non-hydrogen) atoms. The Morgan fingerprint density at radius 2 is 2.14 bits per heavy atom. The summed E-state index contributed by atoms with van der Waals surface area (Å²) in [7, 11) is -3.85. The largest absolute Gasteiger partial charge is 0.387 e. The maximum absolute atomic E-state index is 11.1. The summed E-state index contributed by atoms with van der Waals surface area (Å²) in [6, 6.07) is 0.0913. The maximum Gasteiger partial charge on any atom is 0.352 e. The van der Waals surface area contributed by atoms with E-state index in [9.17, 15) is 14.8 Å². The Hall–Kier alpha value is -1.92. The van der Waals surface area contributed by atoms with E-state index in [2.05, 4.69) is 36.4 Å². The Labute approximate surface area is 166 Å². The number of rotatable bonds is 8. The van der Waals surface area contributed by atoms with Crippen LogP contribution in [0.25, 0.3) is 17.2 Å². The highest BCUT2D eigenvalue weighted by Crippen LogP contribution is 2.38. The van der Waals surface area contributed by atoms with Crippen LogP contribution in [0.2, 0.25) is 0 Å². The third-order valence-corrected chi connectivity index (χ3v) is 4.46. The summed E-state index contributed by atoms with van der Waals surface area (Å²) in [4.78, 5) is 26.8. The lowest BCUT2D eigenvalue weighted by molar-refractivity contribution is -0.238. The average molecular weight is 429 g/mol. The number of aliphatic hydroxyl groups excluding tert-OH is 2. The minimum absolute atomic E-state index is 0.0913. The first-order valence-electron chi connectivity index (χ1n) is 8.87. The van der Waals surface area contributed by atoms with E-state index in [0.717, 1.165) is 6.66 Å². The number of hydrogen-bond acceptors (Lipinski definition) is 10. The molecule has 1 saturated heterocycles. The van der Waals surface area contributed by atoms with Crippen molar-refractivity contribution in [2.75, 3.05) is 18.6 Å². The second-order valence-corrected chi connectivity index (χ2v) is 8.72. The second-order valence-electron chi connectivity index (χ2n) is 6.97. The van der Waals surface area contributed by atoms with Crippen LogP contribution in [0.5, 0.6) is 0 Å². The third kappa shape index (κ3) is 4.81. The van der Waals surface area contributed by atoms with Crippen molar-refractivity contribution in [3.8, 4) is 0 Å². The summed E-state index contributed by atoms with van der Waals surface area (Å²) in [6.07, 6.45) is -1.78. The first kappa shape index (κ1) is 21.8. The molecule has 3 rings (SSSR count). The predicted octanol–water partition coefficient (Wildman–Crippen LogP) is 0.672.